The second kappa shape index (κ2) is 5.31. The molecule has 0 radical (unpaired) electrons. The first-order valence-electron chi connectivity index (χ1n) is 7.09. The largest absolute Gasteiger partial charge is 0.282 e. The van der Waals surface area contributed by atoms with Crippen molar-refractivity contribution in [2.24, 2.45) is 0 Å². The van der Waals surface area contributed by atoms with Crippen molar-refractivity contribution in [3.05, 3.63) is 74.3 Å². The number of rotatable bonds is 3. The zero-order valence-corrected chi connectivity index (χ0v) is 12.7. The topological polar surface area (TPSA) is 80.5 Å². The zero-order valence-electron chi connectivity index (χ0n) is 12.7. The van der Waals surface area contributed by atoms with Crippen LogP contribution in [-0.4, -0.2) is 21.6 Å². The molecule has 0 aliphatic carbocycles. The van der Waals surface area contributed by atoms with Gasteiger partial charge in [0.25, 0.3) is 17.5 Å². The molecule has 0 fully saturated rings. The van der Waals surface area contributed by atoms with Gasteiger partial charge in [-0.15, -0.1) is 0 Å². The van der Waals surface area contributed by atoms with E-state index in [9.17, 15) is 19.7 Å². The van der Waals surface area contributed by atoms with E-state index >= 15 is 0 Å². The molecule has 116 valence electrons. The van der Waals surface area contributed by atoms with Gasteiger partial charge in [0, 0.05) is 6.07 Å². The summed E-state index contributed by atoms with van der Waals surface area (Å²) < 4.78 is 0. The average Bonchev–Trinajstić information content (AvgIpc) is 2.71. The van der Waals surface area contributed by atoms with Crippen molar-refractivity contribution in [1.29, 1.82) is 0 Å². The maximum absolute atomic E-state index is 12.5. The molecule has 2 amide bonds. The molecule has 3 rings (SSSR count). The van der Waals surface area contributed by atoms with E-state index in [0.717, 1.165) is 21.6 Å². The van der Waals surface area contributed by atoms with E-state index in [1.54, 1.807) is 0 Å². The van der Waals surface area contributed by atoms with Gasteiger partial charge in [-0.2, -0.15) is 0 Å². The molecular weight excluding hydrogens is 296 g/mol. The number of benzene rings is 2. The van der Waals surface area contributed by atoms with E-state index in [-0.39, 0.29) is 23.4 Å². The van der Waals surface area contributed by atoms with E-state index in [0.29, 0.717) is 0 Å². The predicted octanol–water partition coefficient (Wildman–Crippen LogP) is 3.01. The van der Waals surface area contributed by atoms with E-state index in [1.165, 1.54) is 18.2 Å². The highest BCUT2D eigenvalue weighted by Gasteiger charge is 2.40. The first kappa shape index (κ1) is 14.9. The van der Waals surface area contributed by atoms with Gasteiger partial charge in [0.1, 0.15) is 5.56 Å². The molecule has 0 aromatic heterocycles. The van der Waals surface area contributed by atoms with Crippen LogP contribution in [-0.2, 0) is 6.54 Å². The summed E-state index contributed by atoms with van der Waals surface area (Å²) in [7, 11) is 0. The molecule has 0 saturated carbocycles. The minimum atomic E-state index is -0.635. The van der Waals surface area contributed by atoms with Crippen molar-refractivity contribution in [3.63, 3.8) is 0 Å². The number of hydrogen-bond acceptors (Lipinski definition) is 4. The van der Waals surface area contributed by atoms with Crippen LogP contribution >= 0.6 is 0 Å². The maximum Gasteiger partial charge on any atom is 0.282 e. The Morgan fingerprint density at radius 1 is 1.04 bits per heavy atom. The molecule has 2 aromatic carbocycles. The Morgan fingerprint density at radius 2 is 1.70 bits per heavy atom. The molecule has 0 spiro atoms. The van der Waals surface area contributed by atoms with Crippen molar-refractivity contribution in [1.82, 2.24) is 4.90 Å². The van der Waals surface area contributed by atoms with Crippen molar-refractivity contribution in [2.75, 3.05) is 0 Å². The number of nitro benzene ring substituents is 1. The lowest BCUT2D eigenvalue weighted by atomic mass is 10.1. The fourth-order valence-electron chi connectivity index (χ4n) is 2.95. The van der Waals surface area contributed by atoms with Crippen LogP contribution in [0.15, 0.2) is 36.4 Å². The molecule has 6 nitrogen and oxygen atoms in total. The summed E-state index contributed by atoms with van der Waals surface area (Å²) in [6, 6.07) is 9.89. The van der Waals surface area contributed by atoms with Crippen molar-refractivity contribution >= 4 is 17.5 Å². The number of amides is 2. The standard InChI is InChI=1S/C17H14N2O4/c1-10-6-11(2)8-12(7-10)9-18-16(20)13-4-3-5-14(19(22)23)15(13)17(18)21/h3-8H,9H2,1-2H3. The second-order valence-electron chi connectivity index (χ2n) is 5.65. The third-order valence-corrected chi connectivity index (χ3v) is 3.80. The van der Waals surface area contributed by atoms with E-state index in [4.69, 9.17) is 0 Å². The van der Waals surface area contributed by atoms with Gasteiger partial charge in [0.2, 0.25) is 0 Å². The Kier molecular flexibility index (Phi) is 3.44. The minimum Gasteiger partial charge on any atom is -0.270 e. The second-order valence-corrected chi connectivity index (χ2v) is 5.65. The lowest BCUT2D eigenvalue weighted by Gasteiger charge is -2.14. The Labute approximate surface area is 132 Å². The number of carbonyl (C=O) groups is 2. The van der Waals surface area contributed by atoms with Crippen LogP contribution in [0.5, 0.6) is 0 Å². The van der Waals surface area contributed by atoms with Gasteiger partial charge in [-0.3, -0.25) is 24.6 Å². The number of imide groups is 1. The summed E-state index contributed by atoms with van der Waals surface area (Å²) in [4.78, 5) is 36.5. The zero-order chi connectivity index (χ0) is 16.7. The number of aryl methyl sites for hydroxylation is 2. The highest BCUT2D eigenvalue weighted by molar-refractivity contribution is 6.23. The number of fused-ring (bicyclic) bond motifs is 1. The van der Waals surface area contributed by atoms with Crippen LogP contribution in [0.1, 0.15) is 37.4 Å². The Morgan fingerprint density at radius 3 is 2.30 bits per heavy atom. The normalized spacial score (nSPS) is 13.4. The maximum atomic E-state index is 12.5. The van der Waals surface area contributed by atoms with Gasteiger partial charge in [-0.05, 0) is 25.5 Å². The van der Waals surface area contributed by atoms with Crippen LogP contribution in [0.2, 0.25) is 0 Å². The Hall–Kier alpha value is -3.02. The van der Waals surface area contributed by atoms with Crippen LogP contribution in [0, 0.1) is 24.0 Å². The van der Waals surface area contributed by atoms with E-state index in [1.807, 2.05) is 32.0 Å². The van der Waals surface area contributed by atoms with Gasteiger partial charge < -0.3 is 0 Å². The van der Waals surface area contributed by atoms with Crippen LogP contribution in [0.4, 0.5) is 5.69 Å². The molecule has 0 N–H and O–H groups in total. The lowest BCUT2D eigenvalue weighted by Crippen LogP contribution is -2.29. The first-order chi connectivity index (χ1) is 10.9. The molecule has 6 heteroatoms. The number of carbonyl (C=O) groups excluding carboxylic acids is 2. The quantitative estimate of drug-likeness (QED) is 0.496. The lowest BCUT2D eigenvalue weighted by molar-refractivity contribution is -0.385. The van der Waals surface area contributed by atoms with Crippen LogP contribution in [0.3, 0.4) is 0 Å². The molecule has 2 aromatic rings. The summed E-state index contributed by atoms with van der Waals surface area (Å²) in [5, 5.41) is 11.1. The van der Waals surface area contributed by atoms with Gasteiger partial charge in [0.15, 0.2) is 0 Å². The van der Waals surface area contributed by atoms with Gasteiger partial charge in [0.05, 0.1) is 17.0 Å². The molecule has 23 heavy (non-hydrogen) atoms. The smallest absolute Gasteiger partial charge is 0.270 e. The van der Waals surface area contributed by atoms with Gasteiger partial charge >= 0.3 is 0 Å². The molecule has 1 aliphatic heterocycles. The number of nitrogens with zero attached hydrogens (tertiary/aromatic N) is 2. The summed E-state index contributed by atoms with van der Waals surface area (Å²) in [5.74, 6) is -1.11. The molecule has 0 saturated heterocycles. The van der Waals surface area contributed by atoms with E-state index < -0.39 is 16.7 Å². The summed E-state index contributed by atoms with van der Waals surface area (Å²) in [6.45, 7) is 3.97. The van der Waals surface area contributed by atoms with Crippen LogP contribution in [0.25, 0.3) is 0 Å². The molecule has 0 bridgehead atoms. The third-order valence-electron chi connectivity index (χ3n) is 3.80. The summed E-state index contributed by atoms with van der Waals surface area (Å²) in [6.07, 6.45) is 0. The number of hydrogen-bond donors (Lipinski definition) is 0. The summed E-state index contributed by atoms with van der Waals surface area (Å²) >= 11 is 0. The molecule has 0 unspecified atom stereocenters. The number of nitro groups is 1. The van der Waals surface area contributed by atoms with Crippen LogP contribution < -0.4 is 0 Å². The van der Waals surface area contributed by atoms with Crippen molar-refractivity contribution in [2.45, 2.75) is 20.4 Å². The third kappa shape index (κ3) is 2.48. The molecule has 1 heterocycles. The SMILES string of the molecule is Cc1cc(C)cc(CN2C(=O)c3cccc([N+](=O)[O-])c3C2=O)c1. The predicted molar refractivity (Wildman–Crippen MR) is 83.2 cm³/mol. The summed E-state index contributed by atoms with van der Waals surface area (Å²) in [5.41, 5.74) is 2.52. The highest BCUT2D eigenvalue weighted by atomic mass is 16.6. The Bertz CT molecular complexity index is 837. The first-order valence-corrected chi connectivity index (χ1v) is 7.09. The monoisotopic (exact) mass is 310 g/mol. The molecule has 1 aliphatic rings. The van der Waals surface area contributed by atoms with Gasteiger partial charge in [-0.1, -0.05) is 35.4 Å². The minimum absolute atomic E-state index is 0.0913. The van der Waals surface area contributed by atoms with E-state index in [2.05, 4.69) is 0 Å². The Balaban J connectivity index is 2.00. The van der Waals surface area contributed by atoms with Gasteiger partial charge in [-0.25, -0.2) is 0 Å². The van der Waals surface area contributed by atoms with Crippen molar-refractivity contribution in [3.8, 4) is 0 Å². The molecular formula is C17H14N2O4. The fourth-order valence-corrected chi connectivity index (χ4v) is 2.95. The fraction of sp³-hybridized carbons (Fsp3) is 0.176. The highest BCUT2D eigenvalue weighted by Crippen LogP contribution is 2.31. The van der Waals surface area contributed by atoms with Crippen molar-refractivity contribution < 1.29 is 14.5 Å². The average molecular weight is 310 g/mol. The molecule has 0 atom stereocenters.